The SMILES string of the molecule is COc1ccc(C[NH+]2CC[NH+](Cc3cc(Br)ccc3O)CC2)cc1OC. The van der Waals surface area contributed by atoms with Crippen LogP contribution in [-0.4, -0.2) is 45.5 Å². The molecule has 0 bridgehead atoms. The molecule has 2 aromatic carbocycles. The lowest BCUT2D eigenvalue weighted by atomic mass is 10.1. The van der Waals surface area contributed by atoms with Crippen LogP contribution in [0, 0.1) is 0 Å². The smallest absolute Gasteiger partial charge is 0.161 e. The molecule has 0 radical (unpaired) electrons. The molecule has 2 aromatic rings. The molecule has 1 heterocycles. The van der Waals surface area contributed by atoms with Gasteiger partial charge in [-0.15, -0.1) is 0 Å². The molecule has 3 N–H and O–H groups in total. The predicted octanol–water partition coefficient (Wildman–Crippen LogP) is 0.656. The Labute approximate surface area is 163 Å². The summed E-state index contributed by atoms with van der Waals surface area (Å²) in [5, 5.41) is 10.0. The number of piperazine rings is 1. The van der Waals surface area contributed by atoms with Gasteiger partial charge in [0.25, 0.3) is 0 Å². The Morgan fingerprint density at radius 2 is 1.54 bits per heavy atom. The lowest BCUT2D eigenvalue weighted by Crippen LogP contribution is -3.27. The molecular formula is C20H27BrN2O3+2. The number of phenols is 1. The Hall–Kier alpha value is -1.76. The highest BCUT2D eigenvalue weighted by Crippen LogP contribution is 2.27. The van der Waals surface area contributed by atoms with Gasteiger partial charge in [0.1, 0.15) is 45.0 Å². The van der Waals surface area contributed by atoms with Crippen LogP contribution in [0.2, 0.25) is 0 Å². The highest BCUT2D eigenvalue weighted by molar-refractivity contribution is 9.10. The Balaban J connectivity index is 1.54. The molecule has 0 spiro atoms. The molecular weight excluding hydrogens is 396 g/mol. The number of hydrogen-bond donors (Lipinski definition) is 3. The van der Waals surface area contributed by atoms with E-state index in [0.717, 1.165) is 60.8 Å². The van der Waals surface area contributed by atoms with Gasteiger partial charge in [0.05, 0.1) is 14.2 Å². The van der Waals surface area contributed by atoms with Gasteiger partial charge in [-0.1, -0.05) is 15.9 Å². The second-order valence-electron chi connectivity index (χ2n) is 6.82. The fourth-order valence-corrected chi connectivity index (χ4v) is 3.96. The fourth-order valence-electron chi connectivity index (χ4n) is 3.55. The lowest BCUT2D eigenvalue weighted by Gasteiger charge is -2.30. The van der Waals surface area contributed by atoms with Crippen LogP contribution in [0.3, 0.4) is 0 Å². The zero-order chi connectivity index (χ0) is 18.5. The number of hydrogen-bond acceptors (Lipinski definition) is 3. The Morgan fingerprint density at radius 1 is 0.885 bits per heavy atom. The third-order valence-corrected chi connectivity index (χ3v) is 5.54. The maximum atomic E-state index is 10.0. The molecule has 26 heavy (non-hydrogen) atoms. The van der Waals surface area contributed by atoms with Gasteiger partial charge in [0.2, 0.25) is 0 Å². The first-order valence-corrected chi connectivity index (χ1v) is 9.73. The van der Waals surface area contributed by atoms with Crippen molar-refractivity contribution in [3.8, 4) is 17.2 Å². The van der Waals surface area contributed by atoms with Crippen molar-refractivity contribution < 1.29 is 24.4 Å². The molecule has 5 nitrogen and oxygen atoms in total. The molecule has 0 amide bonds. The number of aromatic hydroxyl groups is 1. The molecule has 1 saturated heterocycles. The number of methoxy groups -OCH3 is 2. The minimum atomic E-state index is 0.390. The van der Waals surface area contributed by atoms with E-state index in [-0.39, 0.29) is 0 Å². The molecule has 0 aromatic heterocycles. The van der Waals surface area contributed by atoms with Gasteiger partial charge in [-0.25, -0.2) is 0 Å². The molecule has 0 saturated carbocycles. The lowest BCUT2D eigenvalue weighted by molar-refractivity contribution is -1.02. The number of nitrogens with one attached hydrogen (secondary N) is 2. The number of ether oxygens (including phenoxy) is 2. The summed E-state index contributed by atoms with van der Waals surface area (Å²) in [6, 6.07) is 11.8. The number of rotatable bonds is 6. The Kier molecular flexibility index (Phi) is 6.40. The normalized spacial score (nSPS) is 20.0. The van der Waals surface area contributed by atoms with E-state index in [9.17, 15) is 5.11 Å². The largest absolute Gasteiger partial charge is 0.507 e. The number of halogens is 1. The minimum Gasteiger partial charge on any atom is -0.507 e. The predicted molar refractivity (Wildman–Crippen MR) is 104 cm³/mol. The van der Waals surface area contributed by atoms with Gasteiger partial charge < -0.3 is 24.4 Å². The van der Waals surface area contributed by atoms with Gasteiger partial charge in [0, 0.05) is 15.6 Å². The summed E-state index contributed by atoms with van der Waals surface area (Å²) in [4.78, 5) is 3.11. The van der Waals surface area contributed by atoms with Gasteiger partial charge in [-0.05, 0) is 36.4 Å². The third-order valence-electron chi connectivity index (χ3n) is 5.05. The second-order valence-corrected chi connectivity index (χ2v) is 7.73. The van der Waals surface area contributed by atoms with E-state index in [4.69, 9.17) is 9.47 Å². The van der Waals surface area contributed by atoms with Crippen LogP contribution in [0.25, 0.3) is 0 Å². The molecule has 0 atom stereocenters. The Bertz CT molecular complexity index is 746. The topological polar surface area (TPSA) is 47.6 Å². The first-order valence-electron chi connectivity index (χ1n) is 8.94. The highest BCUT2D eigenvalue weighted by atomic mass is 79.9. The molecule has 6 heteroatoms. The van der Waals surface area contributed by atoms with E-state index in [2.05, 4.69) is 28.1 Å². The van der Waals surface area contributed by atoms with Crippen LogP contribution < -0.4 is 19.3 Å². The van der Waals surface area contributed by atoms with E-state index in [1.807, 2.05) is 18.2 Å². The summed E-state index contributed by atoms with van der Waals surface area (Å²) < 4.78 is 11.7. The molecule has 1 aliphatic rings. The zero-order valence-electron chi connectivity index (χ0n) is 15.3. The summed E-state index contributed by atoms with van der Waals surface area (Å²) in [5.41, 5.74) is 2.28. The number of quaternary nitrogens is 2. The molecule has 0 unspecified atom stereocenters. The van der Waals surface area contributed by atoms with E-state index < -0.39 is 0 Å². The van der Waals surface area contributed by atoms with Crippen molar-refractivity contribution in [1.29, 1.82) is 0 Å². The van der Waals surface area contributed by atoms with E-state index >= 15 is 0 Å². The average molecular weight is 423 g/mol. The first-order chi connectivity index (χ1) is 12.6. The molecule has 140 valence electrons. The van der Waals surface area contributed by atoms with Crippen molar-refractivity contribution in [2.45, 2.75) is 13.1 Å². The van der Waals surface area contributed by atoms with Crippen LogP contribution in [0.15, 0.2) is 40.9 Å². The van der Waals surface area contributed by atoms with Crippen molar-refractivity contribution in [3.63, 3.8) is 0 Å². The van der Waals surface area contributed by atoms with E-state index in [0.29, 0.717) is 5.75 Å². The molecule has 1 fully saturated rings. The first kappa shape index (κ1) is 19.0. The van der Waals surface area contributed by atoms with Crippen molar-refractivity contribution in [2.75, 3.05) is 40.4 Å². The third kappa shape index (κ3) is 4.69. The highest BCUT2D eigenvalue weighted by Gasteiger charge is 2.24. The van der Waals surface area contributed by atoms with Crippen LogP contribution in [0.1, 0.15) is 11.1 Å². The maximum absolute atomic E-state index is 10.0. The van der Waals surface area contributed by atoms with Crippen molar-refractivity contribution in [3.05, 3.63) is 52.0 Å². The average Bonchev–Trinajstić information content (AvgIpc) is 2.66. The number of phenolic OH excluding ortho intramolecular Hbond substituents is 1. The summed E-state index contributed by atoms with van der Waals surface area (Å²) in [5.74, 6) is 1.95. The van der Waals surface area contributed by atoms with Crippen LogP contribution >= 0.6 is 15.9 Å². The van der Waals surface area contributed by atoms with Gasteiger partial charge >= 0.3 is 0 Å². The van der Waals surface area contributed by atoms with E-state index in [1.165, 1.54) is 10.5 Å². The summed E-state index contributed by atoms with van der Waals surface area (Å²) >= 11 is 3.49. The van der Waals surface area contributed by atoms with Crippen molar-refractivity contribution in [2.24, 2.45) is 0 Å². The second kappa shape index (κ2) is 8.75. The molecule has 3 rings (SSSR count). The summed E-state index contributed by atoms with van der Waals surface area (Å²) in [6.07, 6.45) is 0. The minimum absolute atomic E-state index is 0.390. The van der Waals surface area contributed by atoms with Crippen LogP contribution in [0.4, 0.5) is 0 Å². The monoisotopic (exact) mass is 422 g/mol. The van der Waals surface area contributed by atoms with Gasteiger partial charge in [0.15, 0.2) is 11.5 Å². The zero-order valence-corrected chi connectivity index (χ0v) is 16.9. The summed E-state index contributed by atoms with van der Waals surface area (Å²) in [6.45, 7) is 6.32. The van der Waals surface area contributed by atoms with Crippen LogP contribution in [0.5, 0.6) is 17.2 Å². The van der Waals surface area contributed by atoms with Crippen molar-refractivity contribution in [1.82, 2.24) is 0 Å². The quantitative estimate of drug-likeness (QED) is 0.640. The van der Waals surface area contributed by atoms with Gasteiger partial charge in [-0.3, -0.25) is 0 Å². The summed E-state index contributed by atoms with van der Waals surface area (Å²) in [7, 11) is 3.34. The molecule has 1 aliphatic heterocycles. The number of benzene rings is 2. The van der Waals surface area contributed by atoms with E-state index in [1.54, 1.807) is 25.2 Å². The maximum Gasteiger partial charge on any atom is 0.161 e. The fraction of sp³-hybridized carbons (Fsp3) is 0.400. The van der Waals surface area contributed by atoms with Crippen LogP contribution in [-0.2, 0) is 13.1 Å². The van der Waals surface area contributed by atoms with Crippen molar-refractivity contribution >= 4 is 15.9 Å². The Morgan fingerprint density at radius 3 is 2.19 bits per heavy atom. The van der Waals surface area contributed by atoms with Gasteiger partial charge in [-0.2, -0.15) is 0 Å². The molecule has 0 aliphatic carbocycles. The standard InChI is InChI=1S/C20H25BrN2O3/c1-25-19-6-3-15(11-20(19)26-2)13-22-7-9-23(10-8-22)14-16-12-17(21)4-5-18(16)24/h3-6,11-12,24H,7-10,13-14H2,1-2H3/p+2.